The summed E-state index contributed by atoms with van der Waals surface area (Å²) in [6.45, 7) is 1.56. The zero-order valence-corrected chi connectivity index (χ0v) is 10.9. The molecule has 1 unspecified atom stereocenters. The largest absolute Gasteiger partial charge is 0.468 e. The molecule has 0 aromatic heterocycles. The lowest BCUT2D eigenvalue weighted by Crippen LogP contribution is -2.44. The van der Waals surface area contributed by atoms with E-state index in [2.05, 4.69) is 0 Å². The van der Waals surface area contributed by atoms with Crippen molar-refractivity contribution in [1.29, 1.82) is 0 Å². The van der Waals surface area contributed by atoms with Crippen LogP contribution in [0.5, 0.6) is 0 Å². The molecule has 100 valence electrons. The maximum absolute atomic E-state index is 12.5. The van der Waals surface area contributed by atoms with Crippen molar-refractivity contribution < 1.29 is 13.9 Å². The summed E-state index contributed by atoms with van der Waals surface area (Å²) in [5, 5.41) is 0. The topological polar surface area (TPSA) is 52.3 Å². The van der Waals surface area contributed by atoms with Gasteiger partial charge in [-0.3, -0.25) is 9.18 Å². The molecule has 0 aliphatic heterocycles. The highest BCUT2D eigenvalue weighted by atomic mass is 19.1. The molecule has 0 fully saturated rings. The molecular formula is C14H20FNO2. The van der Waals surface area contributed by atoms with E-state index in [1.54, 1.807) is 0 Å². The van der Waals surface area contributed by atoms with Crippen molar-refractivity contribution in [3.63, 3.8) is 0 Å². The van der Waals surface area contributed by atoms with Gasteiger partial charge < -0.3 is 10.5 Å². The normalized spacial score (nSPS) is 14.0. The van der Waals surface area contributed by atoms with Gasteiger partial charge in [-0.05, 0) is 30.9 Å². The fourth-order valence-corrected chi connectivity index (χ4v) is 2.32. The maximum Gasteiger partial charge on any atom is 0.317 e. The molecule has 0 saturated heterocycles. The SMILES string of the molecule is COC(=O)C(CN)(CCCF)c1ccccc1C. The van der Waals surface area contributed by atoms with Crippen LogP contribution < -0.4 is 5.73 Å². The van der Waals surface area contributed by atoms with E-state index >= 15 is 0 Å². The number of hydrogen-bond donors (Lipinski definition) is 1. The highest BCUT2D eigenvalue weighted by Crippen LogP contribution is 2.32. The highest BCUT2D eigenvalue weighted by Gasteiger charge is 2.40. The summed E-state index contributed by atoms with van der Waals surface area (Å²) in [6.07, 6.45) is 0.651. The second-order valence-electron chi connectivity index (χ2n) is 4.39. The molecule has 1 aromatic carbocycles. The van der Waals surface area contributed by atoms with Gasteiger partial charge in [-0.2, -0.15) is 0 Å². The third-order valence-electron chi connectivity index (χ3n) is 3.32. The van der Waals surface area contributed by atoms with Crippen molar-refractivity contribution in [1.82, 2.24) is 0 Å². The smallest absolute Gasteiger partial charge is 0.317 e. The summed E-state index contributed by atoms with van der Waals surface area (Å²) in [6, 6.07) is 7.52. The second-order valence-corrected chi connectivity index (χ2v) is 4.39. The predicted molar refractivity (Wildman–Crippen MR) is 69.1 cm³/mol. The number of carbonyl (C=O) groups excluding carboxylic acids is 1. The van der Waals surface area contributed by atoms with Gasteiger partial charge in [0.1, 0.15) is 5.41 Å². The van der Waals surface area contributed by atoms with E-state index in [0.717, 1.165) is 11.1 Å². The third-order valence-corrected chi connectivity index (χ3v) is 3.32. The lowest BCUT2D eigenvalue weighted by molar-refractivity contribution is -0.147. The van der Waals surface area contributed by atoms with E-state index in [1.807, 2.05) is 31.2 Å². The van der Waals surface area contributed by atoms with E-state index in [4.69, 9.17) is 10.5 Å². The number of rotatable bonds is 6. The van der Waals surface area contributed by atoms with Crippen molar-refractivity contribution in [2.75, 3.05) is 20.3 Å². The fraction of sp³-hybridized carbons (Fsp3) is 0.500. The molecule has 0 amide bonds. The van der Waals surface area contributed by atoms with Crippen LogP contribution in [-0.2, 0) is 14.9 Å². The number of nitrogens with two attached hydrogens (primary N) is 1. The molecule has 0 bridgehead atoms. The quantitative estimate of drug-likeness (QED) is 0.790. The highest BCUT2D eigenvalue weighted by molar-refractivity contribution is 5.84. The minimum Gasteiger partial charge on any atom is -0.468 e. The van der Waals surface area contributed by atoms with Crippen molar-refractivity contribution >= 4 is 5.97 Å². The number of esters is 1. The first kappa shape index (κ1) is 14.6. The molecule has 0 spiro atoms. The lowest BCUT2D eigenvalue weighted by Gasteiger charge is -2.31. The summed E-state index contributed by atoms with van der Waals surface area (Å²) in [4.78, 5) is 12.1. The van der Waals surface area contributed by atoms with Crippen LogP contribution in [0.25, 0.3) is 0 Å². The minimum absolute atomic E-state index is 0.116. The molecule has 1 aromatic rings. The number of aryl methyl sites for hydroxylation is 1. The van der Waals surface area contributed by atoms with E-state index in [9.17, 15) is 9.18 Å². The Bertz CT molecular complexity index is 409. The standard InChI is InChI=1S/C14H20FNO2/c1-11-6-3-4-7-12(11)14(10-16,8-5-9-15)13(17)18-2/h3-4,6-7H,5,8-10,16H2,1-2H3. The van der Waals surface area contributed by atoms with Crippen LogP contribution in [0.1, 0.15) is 24.0 Å². The molecule has 3 nitrogen and oxygen atoms in total. The Hall–Kier alpha value is -1.42. The summed E-state index contributed by atoms with van der Waals surface area (Å²) >= 11 is 0. The summed E-state index contributed by atoms with van der Waals surface area (Å²) < 4.78 is 17.3. The lowest BCUT2D eigenvalue weighted by atomic mass is 9.75. The van der Waals surface area contributed by atoms with E-state index in [1.165, 1.54) is 7.11 Å². The number of ether oxygens (including phenoxy) is 1. The van der Waals surface area contributed by atoms with E-state index < -0.39 is 18.1 Å². The van der Waals surface area contributed by atoms with Gasteiger partial charge in [-0.15, -0.1) is 0 Å². The van der Waals surface area contributed by atoms with Crippen molar-refractivity contribution in [3.05, 3.63) is 35.4 Å². The Morgan fingerprint density at radius 3 is 2.61 bits per heavy atom. The molecule has 0 heterocycles. The zero-order chi connectivity index (χ0) is 13.6. The van der Waals surface area contributed by atoms with Gasteiger partial charge in [0.05, 0.1) is 13.8 Å². The fourth-order valence-electron chi connectivity index (χ4n) is 2.32. The van der Waals surface area contributed by atoms with Gasteiger partial charge in [-0.1, -0.05) is 24.3 Å². The maximum atomic E-state index is 12.5. The molecule has 1 atom stereocenters. The zero-order valence-electron chi connectivity index (χ0n) is 10.9. The van der Waals surface area contributed by atoms with Crippen molar-refractivity contribution in [2.45, 2.75) is 25.2 Å². The summed E-state index contributed by atoms with van der Waals surface area (Å²) in [5.41, 5.74) is 6.66. The monoisotopic (exact) mass is 253 g/mol. The molecule has 0 radical (unpaired) electrons. The molecule has 0 saturated carbocycles. The van der Waals surface area contributed by atoms with Crippen LogP contribution in [0.4, 0.5) is 4.39 Å². The number of methoxy groups -OCH3 is 1. The van der Waals surface area contributed by atoms with Crippen LogP contribution in [0.15, 0.2) is 24.3 Å². The van der Waals surface area contributed by atoms with Gasteiger partial charge in [0, 0.05) is 6.54 Å². The van der Waals surface area contributed by atoms with Crippen LogP contribution in [-0.4, -0.2) is 26.3 Å². The van der Waals surface area contributed by atoms with Crippen molar-refractivity contribution in [2.24, 2.45) is 5.73 Å². The second kappa shape index (κ2) is 6.50. The molecule has 4 heteroatoms. The first-order chi connectivity index (χ1) is 8.62. The van der Waals surface area contributed by atoms with E-state index in [0.29, 0.717) is 12.8 Å². The predicted octanol–water partition coefficient (Wildman–Crippen LogP) is 2.11. The molecule has 0 aliphatic carbocycles. The van der Waals surface area contributed by atoms with Crippen LogP contribution in [0, 0.1) is 6.92 Å². The number of alkyl halides is 1. The third kappa shape index (κ3) is 2.70. The molecular weight excluding hydrogens is 233 g/mol. The minimum atomic E-state index is -0.938. The molecule has 18 heavy (non-hydrogen) atoms. The van der Waals surface area contributed by atoms with Crippen LogP contribution >= 0.6 is 0 Å². The number of benzene rings is 1. The Balaban J connectivity index is 3.25. The number of halogens is 1. The Morgan fingerprint density at radius 2 is 2.11 bits per heavy atom. The average molecular weight is 253 g/mol. The Labute approximate surface area is 107 Å². The molecule has 2 N–H and O–H groups in total. The number of hydrogen-bond acceptors (Lipinski definition) is 3. The first-order valence-electron chi connectivity index (χ1n) is 6.03. The molecule has 1 rings (SSSR count). The summed E-state index contributed by atoms with van der Waals surface area (Å²) in [7, 11) is 1.33. The van der Waals surface area contributed by atoms with Crippen LogP contribution in [0.3, 0.4) is 0 Å². The number of carbonyl (C=O) groups is 1. The average Bonchev–Trinajstić information content (AvgIpc) is 2.41. The van der Waals surface area contributed by atoms with Gasteiger partial charge in [0.2, 0.25) is 0 Å². The van der Waals surface area contributed by atoms with Crippen molar-refractivity contribution in [3.8, 4) is 0 Å². The van der Waals surface area contributed by atoms with Gasteiger partial charge >= 0.3 is 5.97 Å². The Morgan fingerprint density at radius 1 is 1.44 bits per heavy atom. The Kier molecular flexibility index (Phi) is 5.28. The summed E-state index contributed by atoms with van der Waals surface area (Å²) in [5.74, 6) is -0.396. The van der Waals surface area contributed by atoms with Crippen LogP contribution in [0.2, 0.25) is 0 Å². The van der Waals surface area contributed by atoms with Gasteiger partial charge in [-0.25, -0.2) is 0 Å². The van der Waals surface area contributed by atoms with E-state index in [-0.39, 0.29) is 6.54 Å². The van der Waals surface area contributed by atoms with Gasteiger partial charge in [0.25, 0.3) is 0 Å². The molecule has 0 aliphatic rings. The first-order valence-corrected chi connectivity index (χ1v) is 6.03. The van der Waals surface area contributed by atoms with Gasteiger partial charge in [0.15, 0.2) is 0 Å².